The molecule has 0 spiro atoms. The van der Waals surface area contributed by atoms with E-state index in [4.69, 9.17) is 18.6 Å². The first-order valence-electron chi connectivity index (χ1n) is 5.83. The molecule has 0 fully saturated rings. The number of phenolic OH excluding ortho intramolecular Hbond substituents is 1. The fourth-order valence-corrected chi connectivity index (χ4v) is 1.48. The topological polar surface area (TPSA) is 20.2 Å². The Morgan fingerprint density at radius 1 is 0.842 bits per heavy atom. The van der Waals surface area contributed by atoms with Gasteiger partial charge in [0.05, 0.1) is 0 Å². The minimum absolute atomic E-state index is 0. The van der Waals surface area contributed by atoms with Gasteiger partial charge in [0.1, 0.15) is 5.75 Å². The minimum atomic E-state index is -0.556. The van der Waals surface area contributed by atoms with Gasteiger partial charge in [0, 0.05) is 0 Å². The number of hydrogen-bond donors (Lipinski definition) is 1. The first-order chi connectivity index (χ1) is 8.02. The Morgan fingerprint density at radius 2 is 1.11 bits per heavy atom. The number of hydrogen-bond acceptors (Lipinski definition) is 1. The summed E-state index contributed by atoms with van der Waals surface area (Å²) in [6.45, 7) is 13.0. The van der Waals surface area contributed by atoms with Crippen LogP contribution in [0.25, 0.3) is 0 Å². The van der Waals surface area contributed by atoms with Crippen molar-refractivity contribution < 1.29 is 22.1 Å². The molecule has 0 aliphatic heterocycles. The summed E-state index contributed by atoms with van der Waals surface area (Å²) in [5.74, 6) is 0.368. The Labute approximate surface area is 135 Å². The number of benzene rings is 1. The summed E-state index contributed by atoms with van der Waals surface area (Å²) in [5.41, 5.74) is 2.54. The van der Waals surface area contributed by atoms with Gasteiger partial charge in [0.25, 0.3) is 0 Å². The summed E-state index contributed by atoms with van der Waals surface area (Å²) >= 11 is -0.556. The molecular formula is C15H25Cl2OTi-. The zero-order valence-electron chi connectivity index (χ0n) is 12.9. The molecule has 0 amide bonds. The fraction of sp³-hybridized carbons (Fsp3) is 0.533. The maximum absolute atomic E-state index is 9.72. The van der Waals surface area contributed by atoms with Crippen LogP contribution in [0.3, 0.4) is 0 Å². The molecule has 0 saturated carbocycles. The zero-order chi connectivity index (χ0) is 14.6. The zero-order valence-corrected chi connectivity index (χ0v) is 16.0. The van der Waals surface area contributed by atoms with Gasteiger partial charge in [-0.15, -0.1) is 0 Å². The van der Waals surface area contributed by atoms with E-state index < -0.39 is 17.0 Å². The van der Waals surface area contributed by atoms with Gasteiger partial charge in [-0.3, -0.25) is 0 Å². The predicted octanol–water partition coefficient (Wildman–Crippen LogP) is 5.81. The molecular weight excluding hydrogens is 315 g/mol. The van der Waals surface area contributed by atoms with Crippen molar-refractivity contribution in [2.24, 2.45) is 0 Å². The summed E-state index contributed by atoms with van der Waals surface area (Å²) in [4.78, 5) is 0. The quantitative estimate of drug-likeness (QED) is 0.466. The molecule has 1 aromatic rings. The molecule has 0 aliphatic carbocycles. The van der Waals surface area contributed by atoms with Gasteiger partial charge in [-0.05, 0) is 34.1 Å². The molecule has 0 unspecified atom stereocenters. The van der Waals surface area contributed by atoms with E-state index in [-0.39, 0.29) is 18.3 Å². The monoisotopic (exact) mass is 339 g/mol. The standard InChI is InChI=1S/C14H22O.CH3.2ClH.Ti/c1-13(2,3)10-7-11(14(4,5)6)9-12(15)8-10;;;;/h7-9,15H,1-6H3;1H3;2*1H;/q;-1;;;+2/p-2. The summed E-state index contributed by atoms with van der Waals surface area (Å²) in [6.07, 6.45) is 0. The molecule has 1 nitrogen and oxygen atoms in total. The molecule has 110 valence electrons. The van der Waals surface area contributed by atoms with E-state index in [0.717, 1.165) is 0 Å². The van der Waals surface area contributed by atoms with Crippen molar-refractivity contribution in [2.45, 2.75) is 52.4 Å². The molecule has 1 N–H and O–H groups in total. The second kappa shape index (κ2) is 8.57. The van der Waals surface area contributed by atoms with E-state index in [9.17, 15) is 5.11 Å². The second-order valence-corrected chi connectivity index (χ2v) is 8.92. The first kappa shape index (κ1) is 21.6. The summed E-state index contributed by atoms with van der Waals surface area (Å²) in [5, 5.41) is 9.72. The third kappa shape index (κ3) is 8.25. The van der Waals surface area contributed by atoms with E-state index in [2.05, 4.69) is 47.6 Å². The molecule has 0 radical (unpaired) electrons. The van der Waals surface area contributed by atoms with Gasteiger partial charge in [-0.25, -0.2) is 0 Å². The molecule has 0 atom stereocenters. The summed E-state index contributed by atoms with van der Waals surface area (Å²) in [6, 6.07) is 5.91. The van der Waals surface area contributed by atoms with E-state index in [1.54, 1.807) is 0 Å². The summed E-state index contributed by atoms with van der Waals surface area (Å²) < 4.78 is 0. The molecule has 0 saturated heterocycles. The van der Waals surface area contributed by atoms with Crippen molar-refractivity contribution in [3.63, 3.8) is 0 Å². The molecule has 4 heteroatoms. The molecule has 0 bridgehead atoms. The van der Waals surface area contributed by atoms with Crippen molar-refractivity contribution in [3.8, 4) is 5.75 Å². The third-order valence-corrected chi connectivity index (χ3v) is 2.65. The molecule has 0 heterocycles. The Morgan fingerprint density at radius 3 is 1.32 bits per heavy atom. The van der Waals surface area contributed by atoms with Gasteiger partial charge < -0.3 is 12.5 Å². The third-order valence-electron chi connectivity index (χ3n) is 2.65. The molecule has 1 rings (SSSR count). The number of rotatable bonds is 0. The van der Waals surface area contributed by atoms with E-state index in [0.29, 0.717) is 5.75 Å². The Kier molecular flexibility index (Phi) is 9.74. The summed E-state index contributed by atoms with van der Waals surface area (Å²) in [7, 11) is 9.78. The number of halogens is 2. The van der Waals surface area contributed by atoms with Gasteiger partial charge >= 0.3 is 35.6 Å². The van der Waals surface area contributed by atoms with Gasteiger partial charge in [-0.2, -0.15) is 0 Å². The van der Waals surface area contributed by atoms with E-state index in [1.165, 1.54) is 11.1 Å². The fourth-order valence-electron chi connectivity index (χ4n) is 1.48. The first-order valence-corrected chi connectivity index (χ1v) is 10.1. The van der Waals surface area contributed by atoms with Crippen LogP contribution >= 0.6 is 18.6 Å². The second-order valence-electron chi connectivity index (χ2n) is 6.34. The van der Waals surface area contributed by atoms with Crippen LogP contribution in [-0.4, -0.2) is 5.11 Å². The van der Waals surface area contributed by atoms with Crippen LogP contribution < -0.4 is 0 Å². The van der Waals surface area contributed by atoms with Crippen LogP contribution in [0.1, 0.15) is 52.7 Å². The van der Waals surface area contributed by atoms with Gasteiger partial charge in [-0.1, -0.05) is 47.6 Å². The van der Waals surface area contributed by atoms with Crippen LogP contribution in [-0.2, 0) is 27.9 Å². The van der Waals surface area contributed by atoms with Crippen molar-refractivity contribution in [3.05, 3.63) is 36.8 Å². The molecule has 1 aromatic carbocycles. The van der Waals surface area contributed by atoms with Gasteiger partial charge in [0.2, 0.25) is 0 Å². The van der Waals surface area contributed by atoms with Crippen molar-refractivity contribution in [2.75, 3.05) is 0 Å². The van der Waals surface area contributed by atoms with Gasteiger partial charge in [0.15, 0.2) is 0 Å². The van der Waals surface area contributed by atoms with Crippen LogP contribution in [0.5, 0.6) is 5.75 Å². The van der Waals surface area contributed by atoms with Crippen LogP contribution in [0, 0.1) is 7.43 Å². The molecule has 0 aliphatic rings. The average Bonchev–Trinajstić information content (AvgIpc) is 2.15. The normalized spacial score (nSPS) is 10.9. The Hall–Kier alpha value is 0.314. The maximum atomic E-state index is 9.72. The Bertz CT molecular complexity index is 346. The Balaban J connectivity index is 0. The predicted molar refractivity (Wildman–Crippen MR) is 83.6 cm³/mol. The van der Waals surface area contributed by atoms with Crippen LogP contribution in [0.2, 0.25) is 0 Å². The molecule has 19 heavy (non-hydrogen) atoms. The number of aromatic hydroxyl groups is 1. The molecule has 0 aromatic heterocycles. The van der Waals surface area contributed by atoms with E-state index in [1.807, 2.05) is 12.1 Å². The van der Waals surface area contributed by atoms with Crippen LogP contribution in [0.4, 0.5) is 0 Å². The van der Waals surface area contributed by atoms with Crippen LogP contribution in [0.15, 0.2) is 18.2 Å². The van der Waals surface area contributed by atoms with Crippen molar-refractivity contribution in [1.82, 2.24) is 0 Å². The van der Waals surface area contributed by atoms with E-state index >= 15 is 0 Å². The SMILES string of the molecule is CC(C)(C)c1cc(O)cc(C(C)(C)C)c1.[CH3-].[Cl][Ti][Cl]. The van der Waals surface area contributed by atoms with Crippen molar-refractivity contribution in [1.29, 1.82) is 0 Å². The van der Waals surface area contributed by atoms with Crippen molar-refractivity contribution >= 4 is 18.6 Å². The average molecular weight is 340 g/mol. The number of phenols is 1.